The van der Waals surface area contributed by atoms with Gasteiger partial charge in [0.2, 0.25) is 0 Å². The van der Waals surface area contributed by atoms with Crippen LogP contribution < -0.4 is 5.69 Å². The molecular formula is C8H11N3O2S. The Labute approximate surface area is 84.8 Å². The van der Waals surface area contributed by atoms with Gasteiger partial charge in [0, 0.05) is 11.8 Å². The third-order valence-corrected chi connectivity index (χ3v) is 3.47. The van der Waals surface area contributed by atoms with Crippen molar-refractivity contribution in [2.75, 3.05) is 12.4 Å². The first kappa shape index (κ1) is 8.55. The van der Waals surface area contributed by atoms with Gasteiger partial charge in [-0.15, -0.1) is 5.10 Å². The molecule has 1 aromatic heterocycles. The zero-order valence-electron chi connectivity index (χ0n) is 7.60. The molecule has 1 aliphatic heterocycles. The van der Waals surface area contributed by atoms with Crippen molar-refractivity contribution in [3.05, 3.63) is 10.5 Å². The van der Waals surface area contributed by atoms with E-state index in [-0.39, 0.29) is 5.69 Å². The molecule has 0 aromatic carbocycles. The van der Waals surface area contributed by atoms with Crippen molar-refractivity contribution in [2.45, 2.75) is 30.1 Å². The van der Waals surface area contributed by atoms with E-state index in [0.29, 0.717) is 12.1 Å². The van der Waals surface area contributed by atoms with Crippen molar-refractivity contribution in [1.82, 2.24) is 14.8 Å². The normalized spacial score (nSPS) is 25.3. The summed E-state index contributed by atoms with van der Waals surface area (Å²) in [6, 6.07) is 0.392. The predicted octanol–water partition coefficient (Wildman–Crippen LogP) is 0.397. The fraction of sp³-hybridized carbons (Fsp3) is 0.750. The van der Waals surface area contributed by atoms with Crippen LogP contribution in [0, 0.1) is 0 Å². The molecule has 3 rings (SSSR count). The molecule has 14 heavy (non-hydrogen) atoms. The summed E-state index contributed by atoms with van der Waals surface area (Å²) >= 11 is 1.60. The zero-order valence-corrected chi connectivity index (χ0v) is 8.42. The Morgan fingerprint density at radius 1 is 1.64 bits per heavy atom. The van der Waals surface area contributed by atoms with Crippen LogP contribution >= 0.6 is 11.8 Å². The van der Waals surface area contributed by atoms with Gasteiger partial charge in [-0.25, -0.2) is 9.89 Å². The monoisotopic (exact) mass is 213 g/mol. The largest absolute Gasteiger partial charge is 0.372 e. The number of nitrogens with one attached hydrogen (secondary N) is 1. The van der Waals surface area contributed by atoms with Gasteiger partial charge in [-0.2, -0.15) is 0 Å². The minimum absolute atomic E-state index is 0.0771. The first-order chi connectivity index (χ1) is 6.84. The maximum atomic E-state index is 11.4. The summed E-state index contributed by atoms with van der Waals surface area (Å²) in [6.07, 6.45) is 2.58. The quantitative estimate of drug-likeness (QED) is 0.580. The highest BCUT2D eigenvalue weighted by Gasteiger charge is 2.30. The van der Waals surface area contributed by atoms with Crippen LogP contribution in [0.25, 0.3) is 0 Å². The molecular weight excluding hydrogens is 202 g/mol. The highest BCUT2D eigenvalue weighted by atomic mass is 32.2. The predicted molar refractivity (Wildman–Crippen MR) is 51.6 cm³/mol. The molecule has 2 heterocycles. The Morgan fingerprint density at radius 2 is 2.43 bits per heavy atom. The minimum Gasteiger partial charge on any atom is -0.372 e. The van der Waals surface area contributed by atoms with Gasteiger partial charge in [0.15, 0.2) is 5.16 Å². The highest BCUT2D eigenvalue weighted by Crippen LogP contribution is 2.36. The number of aromatic amines is 1. The number of rotatable bonds is 4. The summed E-state index contributed by atoms with van der Waals surface area (Å²) in [6.45, 7) is 0.852. The zero-order chi connectivity index (χ0) is 9.54. The van der Waals surface area contributed by atoms with Gasteiger partial charge >= 0.3 is 5.69 Å². The van der Waals surface area contributed by atoms with Crippen LogP contribution in [0.3, 0.4) is 0 Å². The molecule has 0 amide bonds. The van der Waals surface area contributed by atoms with Crippen LogP contribution in [0.2, 0.25) is 0 Å². The molecule has 2 fully saturated rings. The lowest BCUT2D eigenvalue weighted by molar-refractivity contribution is 0.426. The van der Waals surface area contributed by atoms with E-state index in [0.717, 1.165) is 30.4 Å². The number of thioether (sulfide) groups is 1. The fourth-order valence-electron chi connectivity index (χ4n) is 1.38. The summed E-state index contributed by atoms with van der Waals surface area (Å²) in [4.78, 5) is 11.4. The number of H-pyrrole nitrogens is 1. The first-order valence-electron chi connectivity index (χ1n) is 4.76. The van der Waals surface area contributed by atoms with Gasteiger partial charge < -0.3 is 4.74 Å². The minimum atomic E-state index is -0.0771. The maximum Gasteiger partial charge on any atom is 0.344 e. The summed E-state index contributed by atoms with van der Waals surface area (Å²) < 4.78 is 6.88. The van der Waals surface area contributed by atoms with E-state index in [1.54, 1.807) is 16.3 Å². The van der Waals surface area contributed by atoms with Crippen LogP contribution in [0.4, 0.5) is 0 Å². The van der Waals surface area contributed by atoms with Crippen LogP contribution in [0.5, 0.6) is 0 Å². The molecule has 1 saturated carbocycles. The van der Waals surface area contributed by atoms with Gasteiger partial charge in [0.1, 0.15) is 0 Å². The second-order valence-corrected chi connectivity index (χ2v) is 4.67. The smallest absolute Gasteiger partial charge is 0.344 e. The van der Waals surface area contributed by atoms with Crippen LogP contribution in [0.1, 0.15) is 18.9 Å². The number of aromatic nitrogens is 3. The molecule has 6 heteroatoms. The van der Waals surface area contributed by atoms with Crippen molar-refractivity contribution in [3.63, 3.8) is 0 Å². The molecule has 2 aliphatic rings. The van der Waals surface area contributed by atoms with Crippen molar-refractivity contribution in [1.29, 1.82) is 0 Å². The molecule has 0 bridgehead atoms. The molecule has 0 radical (unpaired) electrons. The lowest BCUT2D eigenvalue weighted by Crippen LogP contribution is -2.16. The van der Waals surface area contributed by atoms with Crippen LogP contribution in [-0.2, 0) is 4.74 Å². The molecule has 1 saturated heterocycles. The molecule has 1 N–H and O–H groups in total. The Kier molecular flexibility index (Phi) is 1.91. The SMILES string of the molecule is O=c1[nH]nc(SCC2CO2)n1C1CC1. The van der Waals surface area contributed by atoms with E-state index in [4.69, 9.17) is 4.74 Å². The number of hydrogen-bond donors (Lipinski definition) is 1. The maximum absolute atomic E-state index is 11.4. The fourth-order valence-corrected chi connectivity index (χ4v) is 2.39. The summed E-state index contributed by atoms with van der Waals surface area (Å²) in [7, 11) is 0. The van der Waals surface area contributed by atoms with E-state index in [9.17, 15) is 4.79 Å². The van der Waals surface area contributed by atoms with Gasteiger partial charge in [-0.1, -0.05) is 11.8 Å². The summed E-state index contributed by atoms with van der Waals surface area (Å²) in [5.41, 5.74) is -0.0771. The number of nitrogens with zero attached hydrogens (tertiary/aromatic N) is 2. The molecule has 1 aliphatic carbocycles. The van der Waals surface area contributed by atoms with Crippen molar-refractivity contribution in [2.24, 2.45) is 0 Å². The Bertz CT molecular complexity index is 392. The van der Waals surface area contributed by atoms with Crippen molar-refractivity contribution >= 4 is 11.8 Å². The van der Waals surface area contributed by atoms with E-state index in [2.05, 4.69) is 10.2 Å². The third-order valence-electron chi connectivity index (χ3n) is 2.38. The Balaban J connectivity index is 1.77. The van der Waals surface area contributed by atoms with Crippen LogP contribution in [-0.4, -0.2) is 33.2 Å². The van der Waals surface area contributed by atoms with Gasteiger partial charge in [-0.3, -0.25) is 4.57 Å². The average molecular weight is 213 g/mol. The highest BCUT2D eigenvalue weighted by molar-refractivity contribution is 7.99. The van der Waals surface area contributed by atoms with E-state index in [1.165, 1.54) is 0 Å². The second kappa shape index (κ2) is 3.13. The van der Waals surface area contributed by atoms with Crippen molar-refractivity contribution in [3.8, 4) is 0 Å². The van der Waals surface area contributed by atoms with Crippen molar-refractivity contribution < 1.29 is 4.74 Å². The molecule has 1 atom stereocenters. The topological polar surface area (TPSA) is 63.2 Å². The van der Waals surface area contributed by atoms with E-state index in [1.807, 2.05) is 0 Å². The number of epoxide rings is 1. The number of ether oxygens (including phenoxy) is 1. The Morgan fingerprint density at radius 3 is 3.07 bits per heavy atom. The van der Waals surface area contributed by atoms with Gasteiger partial charge in [-0.05, 0) is 12.8 Å². The van der Waals surface area contributed by atoms with Gasteiger partial charge in [0.05, 0.1) is 12.7 Å². The third kappa shape index (κ3) is 1.59. The lowest BCUT2D eigenvalue weighted by atomic mass is 10.6. The second-order valence-electron chi connectivity index (χ2n) is 3.68. The Hall–Kier alpha value is -0.750. The first-order valence-corrected chi connectivity index (χ1v) is 5.74. The van der Waals surface area contributed by atoms with Crippen LogP contribution in [0.15, 0.2) is 9.95 Å². The molecule has 1 aromatic rings. The summed E-state index contributed by atoms with van der Waals surface area (Å²) in [5.74, 6) is 0.900. The number of hydrogen-bond acceptors (Lipinski definition) is 4. The standard InChI is InChI=1S/C8H11N3O2S/c12-7-9-10-8(11(7)5-1-2-5)14-4-6-3-13-6/h5-6H,1-4H2,(H,9,12). The van der Waals surface area contributed by atoms with E-state index >= 15 is 0 Å². The van der Waals surface area contributed by atoms with E-state index < -0.39 is 0 Å². The average Bonchev–Trinajstić information content (AvgIpc) is 3.05. The summed E-state index contributed by atoms with van der Waals surface area (Å²) in [5, 5.41) is 7.32. The molecule has 5 nitrogen and oxygen atoms in total. The molecule has 0 spiro atoms. The molecule has 1 unspecified atom stereocenters. The lowest BCUT2D eigenvalue weighted by Gasteiger charge is -2.00. The molecule has 76 valence electrons. The van der Waals surface area contributed by atoms with Gasteiger partial charge in [0.25, 0.3) is 0 Å².